The Morgan fingerprint density at radius 3 is 2.38 bits per heavy atom. The summed E-state index contributed by atoms with van der Waals surface area (Å²) in [6.07, 6.45) is 1.26. The third-order valence-corrected chi connectivity index (χ3v) is 4.54. The van der Waals surface area contributed by atoms with Crippen LogP contribution in [0.3, 0.4) is 0 Å². The minimum absolute atomic E-state index is 0.0768. The average Bonchev–Trinajstić information content (AvgIpc) is 3.26. The molecule has 24 heavy (non-hydrogen) atoms. The molecule has 5 heteroatoms. The van der Waals surface area contributed by atoms with Gasteiger partial charge in [0.15, 0.2) is 0 Å². The zero-order chi connectivity index (χ0) is 17.7. The highest BCUT2D eigenvalue weighted by Crippen LogP contribution is 2.37. The Morgan fingerprint density at radius 2 is 1.88 bits per heavy atom. The molecule has 1 aliphatic rings. The summed E-state index contributed by atoms with van der Waals surface area (Å²) in [5.41, 5.74) is 1.93. The number of hydrogen-bond acceptors (Lipinski definition) is 3. The van der Waals surface area contributed by atoms with E-state index >= 15 is 0 Å². The summed E-state index contributed by atoms with van der Waals surface area (Å²) in [5.74, 6) is 0.644. The Bertz CT molecular complexity index is 568. The molecule has 0 aliphatic heterocycles. The van der Waals surface area contributed by atoms with E-state index in [0.29, 0.717) is 24.9 Å². The summed E-state index contributed by atoms with van der Waals surface area (Å²) >= 11 is 0. The van der Waals surface area contributed by atoms with Crippen LogP contribution in [0.15, 0.2) is 24.3 Å². The van der Waals surface area contributed by atoms with Gasteiger partial charge in [-0.15, -0.1) is 0 Å². The maximum Gasteiger partial charge on any atom is 0.226 e. The molecular weight excluding hydrogens is 302 g/mol. The van der Waals surface area contributed by atoms with Gasteiger partial charge in [0, 0.05) is 42.8 Å². The topological polar surface area (TPSA) is 61.4 Å². The van der Waals surface area contributed by atoms with Crippen molar-refractivity contribution in [3.8, 4) is 0 Å². The van der Waals surface area contributed by atoms with Crippen molar-refractivity contribution in [2.75, 3.05) is 23.3 Å². The molecule has 0 heterocycles. The van der Waals surface area contributed by atoms with Gasteiger partial charge in [-0.2, -0.15) is 0 Å². The fourth-order valence-corrected chi connectivity index (χ4v) is 2.92. The monoisotopic (exact) mass is 331 g/mol. The van der Waals surface area contributed by atoms with Gasteiger partial charge >= 0.3 is 0 Å². The highest BCUT2D eigenvalue weighted by molar-refractivity contribution is 5.91. The van der Waals surface area contributed by atoms with Crippen molar-refractivity contribution in [3.05, 3.63) is 24.3 Å². The molecule has 0 spiro atoms. The number of rotatable bonds is 8. The van der Waals surface area contributed by atoms with Gasteiger partial charge in [0.05, 0.1) is 0 Å². The van der Waals surface area contributed by atoms with Crippen LogP contribution in [-0.4, -0.2) is 30.9 Å². The van der Waals surface area contributed by atoms with Crippen LogP contribution in [0.25, 0.3) is 0 Å². The third kappa shape index (κ3) is 4.98. The van der Waals surface area contributed by atoms with E-state index in [1.807, 2.05) is 24.3 Å². The van der Waals surface area contributed by atoms with E-state index in [9.17, 15) is 9.59 Å². The second-order valence-electron chi connectivity index (χ2n) is 6.84. The Hall–Kier alpha value is -2.04. The van der Waals surface area contributed by atoms with Crippen LogP contribution < -0.4 is 15.5 Å². The van der Waals surface area contributed by atoms with E-state index in [1.54, 1.807) is 0 Å². The smallest absolute Gasteiger partial charge is 0.226 e. The van der Waals surface area contributed by atoms with Crippen LogP contribution in [0.5, 0.6) is 0 Å². The molecule has 0 aromatic heterocycles. The molecule has 1 saturated carbocycles. The molecule has 2 rings (SSSR count). The normalized spacial score (nSPS) is 19.0. The fourth-order valence-electron chi connectivity index (χ4n) is 2.92. The molecule has 2 N–H and O–H groups in total. The molecule has 1 aromatic rings. The number of carbonyl (C=O) groups is 2. The molecule has 0 saturated heterocycles. The number of carbonyl (C=O) groups excluding carboxylic acids is 2. The zero-order valence-electron chi connectivity index (χ0n) is 15.1. The molecule has 0 bridgehead atoms. The lowest BCUT2D eigenvalue weighted by molar-refractivity contribution is -0.122. The SMILES string of the molecule is CCN(c1ccc(NC(=O)CCNC(=O)C2CC2C)cc1)C(C)C. The molecule has 1 aromatic carbocycles. The predicted octanol–water partition coefficient (Wildman–Crippen LogP) is 3.02. The summed E-state index contributed by atoms with van der Waals surface area (Å²) in [6, 6.07) is 8.32. The largest absolute Gasteiger partial charge is 0.369 e. The van der Waals surface area contributed by atoms with Gasteiger partial charge < -0.3 is 15.5 Å². The Labute approximate surface area is 144 Å². The van der Waals surface area contributed by atoms with E-state index in [4.69, 9.17) is 0 Å². The quantitative estimate of drug-likeness (QED) is 0.770. The predicted molar refractivity (Wildman–Crippen MR) is 98.1 cm³/mol. The first kappa shape index (κ1) is 18.3. The lowest BCUT2D eigenvalue weighted by Crippen LogP contribution is -2.30. The molecular formula is C19H29N3O2. The van der Waals surface area contributed by atoms with Crippen molar-refractivity contribution in [3.63, 3.8) is 0 Å². The fraction of sp³-hybridized carbons (Fsp3) is 0.579. The molecule has 5 nitrogen and oxygen atoms in total. The van der Waals surface area contributed by atoms with Crippen molar-refractivity contribution >= 4 is 23.2 Å². The first-order valence-electron chi connectivity index (χ1n) is 8.86. The van der Waals surface area contributed by atoms with Crippen LogP contribution in [0.4, 0.5) is 11.4 Å². The van der Waals surface area contributed by atoms with Crippen molar-refractivity contribution < 1.29 is 9.59 Å². The van der Waals surface area contributed by atoms with Crippen molar-refractivity contribution in [2.45, 2.75) is 46.6 Å². The van der Waals surface area contributed by atoms with E-state index < -0.39 is 0 Å². The average molecular weight is 331 g/mol. The second-order valence-corrected chi connectivity index (χ2v) is 6.84. The number of hydrogen-bond donors (Lipinski definition) is 2. The van der Waals surface area contributed by atoms with Crippen LogP contribution in [-0.2, 0) is 9.59 Å². The van der Waals surface area contributed by atoms with Crippen LogP contribution in [0, 0.1) is 11.8 Å². The first-order valence-corrected chi connectivity index (χ1v) is 8.86. The zero-order valence-corrected chi connectivity index (χ0v) is 15.1. The third-order valence-electron chi connectivity index (χ3n) is 4.54. The van der Waals surface area contributed by atoms with Crippen LogP contribution in [0.1, 0.15) is 40.5 Å². The van der Waals surface area contributed by atoms with Gasteiger partial charge in [-0.3, -0.25) is 9.59 Å². The van der Waals surface area contributed by atoms with E-state index in [2.05, 4.69) is 43.2 Å². The summed E-state index contributed by atoms with van der Waals surface area (Å²) in [4.78, 5) is 25.9. The molecule has 132 valence electrons. The van der Waals surface area contributed by atoms with Crippen molar-refractivity contribution in [1.82, 2.24) is 5.32 Å². The van der Waals surface area contributed by atoms with Crippen molar-refractivity contribution in [2.24, 2.45) is 11.8 Å². The van der Waals surface area contributed by atoms with Gasteiger partial charge in [-0.05, 0) is 57.4 Å². The number of amides is 2. The standard InChI is InChI=1S/C19H29N3O2/c1-5-22(13(2)3)16-8-6-15(7-9-16)21-18(23)10-11-20-19(24)17-12-14(17)4/h6-9,13-14,17H,5,10-12H2,1-4H3,(H,20,24)(H,21,23). The van der Waals surface area contributed by atoms with Gasteiger partial charge in [-0.1, -0.05) is 6.92 Å². The summed E-state index contributed by atoms with van der Waals surface area (Å²) in [6.45, 7) is 9.86. The number of anilines is 2. The molecule has 1 aliphatic carbocycles. The van der Waals surface area contributed by atoms with Crippen LogP contribution in [0.2, 0.25) is 0 Å². The van der Waals surface area contributed by atoms with Gasteiger partial charge in [0.25, 0.3) is 0 Å². The second kappa shape index (κ2) is 8.18. The van der Waals surface area contributed by atoms with E-state index in [1.165, 1.54) is 0 Å². The Balaban J connectivity index is 1.76. The van der Waals surface area contributed by atoms with Crippen LogP contribution >= 0.6 is 0 Å². The summed E-state index contributed by atoms with van der Waals surface area (Å²) < 4.78 is 0. The minimum Gasteiger partial charge on any atom is -0.369 e. The summed E-state index contributed by atoms with van der Waals surface area (Å²) in [5, 5.41) is 5.70. The number of nitrogens with zero attached hydrogens (tertiary/aromatic N) is 1. The molecule has 2 atom stereocenters. The van der Waals surface area contributed by atoms with Gasteiger partial charge in [-0.25, -0.2) is 0 Å². The molecule has 2 amide bonds. The Kier molecular flexibility index (Phi) is 6.23. The van der Waals surface area contributed by atoms with Gasteiger partial charge in [0.1, 0.15) is 0 Å². The molecule has 1 fully saturated rings. The van der Waals surface area contributed by atoms with Gasteiger partial charge in [0.2, 0.25) is 11.8 Å². The highest BCUT2D eigenvalue weighted by atomic mass is 16.2. The first-order chi connectivity index (χ1) is 11.4. The number of benzene rings is 1. The maximum absolute atomic E-state index is 12.0. The van der Waals surface area contributed by atoms with Crippen molar-refractivity contribution in [1.29, 1.82) is 0 Å². The minimum atomic E-state index is -0.0805. The molecule has 2 unspecified atom stereocenters. The lowest BCUT2D eigenvalue weighted by atomic mass is 10.2. The number of nitrogens with one attached hydrogen (secondary N) is 2. The van der Waals surface area contributed by atoms with E-state index in [0.717, 1.165) is 24.3 Å². The van der Waals surface area contributed by atoms with E-state index in [-0.39, 0.29) is 17.7 Å². The lowest BCUT2D eigenvalue weighted by Gasteiger charge is -2.27. The Morgan fingerprint density at radius 1 is 1.25 bits per heavy atom. The maximum atomic E-state index is 12.0. The molecule has 0 radical (unpaired) electrons. The summed E-state index contributed by atoms with van der Waals surface area (Å²) in [7, 11) is 0. The highest BCUT2D eigenvalue weighted by Gasteiger charge is 2.38.